The predicted octanol–water partition coefficient (Wildman–Crippen LogP) is 5.18. The van der Waals surface area contributed by atoms with E-state index in [1.54, 1.807) is 12.1 Å². The van der Waals surface area contributed by atoms with Crippen LogP contribution in [-0.2, 0) is 0 Å². The van der Waals surface area contributed by atoms with Crippen molar-refractivity contribution >= 4 is 43.5 Å². The van der Waals surface area contributed by atoms with Gasteiger partial charge in [-0.3, -0.25) is 14.9 Å². The average molecular weight is 413 g/mol. The quantitative estimate of drug-likeness (QED) is 0.425. The van der Waals surface area contributed by atoms with Gasteiger partial charge in [-0.1, -0.05) is 47.7 Å². The third-order valence-corrected chi connectivity index (χ3v) is 5.49. The number of fused-ring (bicyclic) bond motifs is 2. The van der Waals surface area contributed by atoms with E-state index in [-0.39, 0.29) is 11.5 Å². The molecule has 6 nitrogen and oxygen atoms in total. The fourth-order valence-corrected chi connectivity index (χ4v) is 4.09. The van der Waals surface area contributed by atoms with Crippen molar-refractivity contribution < 1.29 is 9.53 Å². The van der Waals surface area contributed by atoms with E-state index in [9.17, 15) is 9.59 Å². The highest BCUT2D eigenvalue weighted by atomic mass is 32.1. The number of ether oxygens (including phenoxy) is 1. The van der Waals surface area contributed by atoms with Gasteiger partial charge in [0.15, 0.2) is 5.13 Å². The Morgan fingerprint density at radius 2 is 1.73 bits per heavy atom. The van der Waals surface area contributed by atoms with E-state index in [4.69, 9.17) is 4.74 Å². The molecule has 0 aliphatic carbocycles. The lowest BCUT2D eigenvalue weighted by Crippen LogP contribution is -2.16. The largest absolute Gasteiger partial charge is 0.457 e. The maximum atomic E-state index is 12.8. The van der Waals surface area contributed by atoms with Crippen LogP contribution < -0.4 is 15.6 Å². The summed E-state index contributed by atoms with van der Waals surface area (Å²) in [5.74, 6) is 1.06. The Hall–Kier alpha value is -3.97. The van der Waals surface area contributed by atoms with Crippen LogP contribution in [0.3, 0.4) is 0 Å². The lowest BCUT2D eigenvalue weighted by Gasteiger charge is -2.05. The van der Waals surface area contributed by atoms with Crippen LogP contribution in [0.5, 0.6) is 11.5 Å². The summed E-state index contributed by atoms with van der Waals surface area (Å²) in [7, 11) is 0. The molecule has 2 heterocycles. The van der Waals surface area contributed by atoms with Crippen LogP contribution in [0.15, 0.2) is 83.7 Å². The summed E-state index contributed by atoms with van der Waals surface area (Å²) in [6.45, 7) is 0. The van der Waals surface area contributed by atoms with E-state index in [0.717, 1.165) is 16.0 Å². The van der Waals surface area contributed by atoms with E-state index < -0.39 is 0 Å². The molecule has 0 spiro atoms. The first kappa shape index (κ1) is 18.1. The van der Waals surface area contributed by atoms with Crippen LogP contribution in [-0.4, -0.2) is 15.9 Å². The van der Waals surface area contributed by atoms with Crippen LogP contribution in [0.2, 0.25) is 0 Å². The van der Waals surface area contributed by atoms with Gasteiger partial charge in [0.1, 0.15) is 11.5 Å². The van der Waals surface area contributed by atoms with E-state index in [1.165, 1.54) is 17.4 Å². The minimum absolute atomic E-state index is 0.307. The highest BCUT2D eigenvalue weighted by molar-refractivity contribution is 7.22. The van der Waals surface area contributed by atoms with E-state index >= 15 is 0 Å². The summed E-state index contributed by atoms with van der Waals surface area (Å²) in [4.78, 5) is 32.0. The molecule has 3 aromatic carbocycles. The number of para-hydroxylation sites is 2. The summed E-state index contributed by atoms with van der Waals surface area (Å²) in [5, 5.41) is 3.94. The van der Waals surface area contributed by atoms with Crippen LogP contribution >= 0.6 is 11.3 Å². The molecule has 1 amide bonds. The number of H-pyrrole nitrogens is 1. The van der Waals surface area contributed by atoms with Gasteiger partial charge in [0, 0.05) is 23.0 Å². The number of carbonyl (C=O) groups excluding carboxylic acids is 1. The van der Waals surface area contributed by atoms with E-state index in [0.29, 0.717) is 27.3 Å². The summed E-state index contributed by atoms with van der Waals surface area (Å²) in [5.41, 5.74) is 1.35. The van der Waals surface area contributed by atoms with Gasteiger partial charge in [0.2, 0.25) is 5.56 Å². The number of aromatic nitrogens is 2. The highest BCUT2D eigenvalue weighted by Gasteiger charge is 2.14. The minimum atomic E-state index is -0.378. The van der Waals surface area contributed by atoms with Crippen molar-refractivity contribution in [2.75, 3.05) is 5.32 Å². The third kappa shape index (κ3) is 3.54. The number of rotatable bonds is 4. The van der Waals surface area contributed by atoms with Crippen LogP contribution in [0, 0.1) is 0 Å². The first-order chi connectivity index (χ1) is 14.7. The van der Waals surface area contributed by atoms with Gasteiger partial charge < -0.3 is 9.72 Å². The fourth-order valence-electron chi connectivity index (χ4n) is 3.20. The van der Waals surface area contributed by atoms with Crippen molar-refractivity contribution in [3.8, 4) is 11.5 Å². The van der Waals surface area contributed by atoms with Gasteiger partial charge in [-0.2, -0.15) is 0 Å². The average Bonchev–Trinajstić information content (AvgIpc) is 3.15. The molecule has 0 aliphatic heterocycles. The Kier molecular flexibility index (Phi) is 4.49. The van der Waals surface area contributed by atoms with Gasteiger partial charge in [0.05, 0.1) is 15.8 Å². The normalized spacial score (nSPS) is 10.9. The molecule has 2 N–H and O–H groups in total. The van der Waals surface area contributed by atoms with Gasteiger partial charge in [-0.15, -0.1) is 0 Å². The van der Waals surface area contributed by atoms with Crippen LogP contribution in [0.4, 0.5) is 5.13 Å². The van der Waals surface area contributed by atoms with Gasteiger partial charge in [0.25, 0.3) is 5.91 Å². The van der Waals surface area contributed by atoms with E-state index in [2.05, 4.69) is 15.3 Å². The van der Waals surface area contributed by atoms with Gasteiger partial charge in [-0.25, -0.2) is 4.98 Å². The van der Waals surface area contributed by atoms with Crippen LogP contribution in [0.25, 0.3) is 21.1 Å². The SMILES string of the molecule is O=C(Nc1nc2ccc(Oc3ccccc3)cc2s1)c1cc(=O)[nH]c2ccccc12. The molecule has 0 atom stereocenters. The smallest absolute Gasteiger partial charge is 0.258 e. The lowest BCUT2D eigenvalue weighted by atomic mass is 10.1. The Bertz CT molecular complexity index is 1440. The second-order valence-electron chi connectivity index (χ2n) is 6.61. The van der Waals surface area contributed by atoms with Crippen molar-refractivity contribution in [1.82, 2.24) is 9.97 Å². The second kappa shape index (κ2) is 7.46. The number of nitrogens with one attached hydrogen (secondary N) is 2. The Morgan fingerprint density at radius 3 is 2.60 bits per heavy atom. The number of amides is 1. The number of nitrogens with zero attached hydrogens (tertiary/aromatic N) is 1. The van der Waals surface area contributed by atoms with Crippen molar-refractivity contribution in [2.45, 2.75) is 0 Å². The monoisotopic (exact) mass is 413 g/mol. The summed E-state index contributed by atoms with van der Waals surface area (Å²) < 4.78 is 6.74. The first-order valence-corrected chi connectivity index (χ1v) is 10.0. The number of hydrogen-bond donors (Lipinski definition) is 2. The molecule has 5 aromatic rings. The number of benzene rings is 3. The number of thiazole rings is 1. The summed E-state index contributed by atoms with van der Waals surface area (Å²) >= 11 is 1.35. The first-order valence-electron chi connectivity index (χ1n) is 9.23. The van der Waals surface area contributed by atoms with Crippen LogP contribution in [0.1, 0.15) is 10.4 Å². The van der Waals surface area contributed by atoms with Gasteiger partial charge >= 0.3 is 0 Å². The molecular weight excluding hydrogens is 398 g/mol. The summed E-state index contributed by atoms with van der Waals surface area (Å²) in [6.07, 6.45) is 0. The molecule has 0 saturated carbocycles. The molecule has 30 heavy (non-hydrogen) atoms. The molecule has 0 bridgehead atoms. The minimum Gasteiger partial charge on any atom is -0.457 e. The van der Waals surface area contributed by atoms with Crippen molar-refractivity contribution in [1.29, 1.82) is 0 Å². The molecule has 0 unspecified atom stereocenters. The molecule has 0 aliphatic rings. The fraction of sp³-hybridized carbons (Fsp3) is 0. The third-order valence-electron chi connectivity index (χ3n) is 4.55. The zero-order chi connectivity index (χ0) is 20.5. The standard InChI is InChI=1S/C23H15N3O3S/c27-21-13-17(16-8-4-5-9-18(16)24-21)22(28)26-23-25-19-11-10-15(12-20(19)30-23)29-14-6-2-1-3-7-14/h1-13H,(H,24,27)(H,25,26,28). The zero-order valence-corrected chi connectivity index (χ0v) is 16.4. The Labute approximate surface area is 174 Å². The molecule has 5 rings (SSSR count). The molecule has 7 heteroatoms. The Balaban J connectivity index is 1.43. The van der Waals surface area contributed by atoms with E-state index in [1.807, 2.05) is 60.7 Å². The van der Waals surface area contributed by atoms with Gasteiger partial charge in [-0.05, 0) is 30.3 Å². The van der Waals surface area contributed by atoms with Crippen molar-refractivity contribution in [2.24, 2.45) is 0 Å². The highest BCUT2D eigenvalue weighted by Crippen LogP contribution is 2.31. The maximum Gasteiger partial charge on any atom is 0.258 e. The molecule has 146 valence electrons. The molecule has 0 saturated heterocycles. The predicted molar refractivity (Wildman–Crippen MR) is 119 cm³/mol. The topological polar surface area (TPSA) is 84.1 Å². The molecule has 2 aromatic heterocycles. The number of aromatic amines is 1. The van der Waals surface area contributed by atoms with Crippen molar-refractivity contribution in [3.05, 3.63) is 94.8 Å². The number of hydrogen-bond acceptors (Lipinski definition) is 5. The maximum absolute atomic E-state index is 12.8. The second-order valence-corrected chi connectivity index (χ2v) is 7.64. The number of anilines is 1. The zero-order valence-electron chi connectivity index (χ0n) is 15.6. The number of carbonyl (C=O) groups is 1. The number of pyridine rings is 1. The molecule has 0 fully saturated rings. The molecular formula is C23H15N3O3S. The summed E-state index contributed by atoms with van der Waals surface area (Å²) in [6, 6.07) is 23.6. The van der Waals surface area contributed by atoms with Crippen molar-refractivity contribution in [3.63, 3.8) is 0 Å². The molecule has 0 radical (unpaired) electrons. The Morgan fingerprint density at radius 1 is 0.933 bits per heavy atom. The lowest BCUT2D eigenvalue weighted by molar-refractivity contribution is 0.102.